The Bertz CT molecular complexity index is 1510. The van der Waals surface area contributed by atoms with Crippen LogP contribution in [0.2, 0.25) is 0 Å². The molecule has 1 fully saturated rings. The third kappa shape index (κ3) is 5.50. The summed E-state index contributed by atoms with van der Waals surface area (Å²) in [5.41, 5.74) is 3.59. The van der Waals surface area contributed by atoms with Crippen LogP contribution in [0, 0.1) is 25.2 Å². The molecule has 1 saturated heterocycles. The van der Waals surface area contributed by atoms with Crippen molar-refractivity contribution in [1.29, 1.82) is 0 Å². The van der Waals surface area contributed by atoms with Gasteiger partial charge in [0.2, 0.25) is 11.8 Å². The van der Waals surface area contributed by atoms with Crippen molar-refractivity contribution in [3.8, 4) is 17.1 Å². The number of anilines is 1. The van der Waals surface area contributed by atoms with E-state index in [1.807, 2.05) is 36.9 Å². The number of fused-ring (bicyclic) bond motifs is 6. The lowest BCUT2D eigenvalue weighted by Gasteiger charge is -2.48. The van der Waals surface area contributed by atoms with Crippen LogP contribution >= 0.6 is 0 Å². The van der Waals surface area contributed by atoms with Crippen molar-refractivity contribution in [1.82, 2.24) is 14.9 Å². The van der Waals surface area contributed by atoms with Crippen LogP contribution in [0.5, 0.6) is 5.88 Å². The van der Waals surface area contributed by atoms with Crippen LogP contribution in [-0.2, 0) is 10.0 Å². The molecule has 1 aromatic heterocycles. The van der Waals surface area contributed by atoms with Gasteiger partial charge in [-0.2, -0.15) is 4.98 Å². The Morgan fingerprint density at radius 2 is 1.77 bits per heavy atom. The number of ether oxygens (including phenoxy) is 1. The van der Waals surface area contributed by atoms with Crippen molar-refractivity contribution < 1.29 is 17.9 Å². The van der Waals surface area contributed by atoms with E-state index >= 15 is 0 Å². The highest BCUT2D eigenvalue weighted by Crippen LogP contribution is 2.39. The number of nitrogens with zero attached hydrogens (tertiary/aromatic N) is 3. The summed E-state index contributed by atoms with van der Waals surface area (Å²) in [4.78, 5) is 24.9. The van der Waals surface area contributed by atoms with Gasteiger partial charge in [-0.05, 0) is 67.3 Å². The highest BCUT2D eigenvalue weighted by Gasteiger charge is 2.44. The van der Waals surface area contributed by atoms with E-state index in [4.69, 9.17) is 4.74 Å². The predicted molar refractivity (Wildman–Crippen MR) is 151 cm³/mol. The number of hydrogen-bond acceptors (Lipinski definition) is 6. The van der Waals surface area contributed by atoms with Gasteiger partial charge in [-0.15, -0.1) is 0 Å². The van der Waals surface area contributed by atoms with Gasteiger partial charge in [-0.25, -0.2) is 18.1 Å². The smallest absolute Gasteiger partial charge is 0.264 e. The predicted octanol–water partition coefficient (Wildman–Crippen LogP) is 5.61. The SMILES string of the molecule is Cc1cccc(C)c1-c1cc2nc(n1)NS(=O)(=O)c1cccc(c1)C(=O)N1CC(C)(C)CC(O2)C1CC(C)C. The quantitative estimate of drug-likeness (QED) is 0.457. The molecule has 2 aliphatic heterocycles. The zero-order valence-corrected chi connectivity index (χ0v) is 24.2. The van der Waals surface area contributed by atoms with Gasteiger partial charge in [-0.3, -0.25) is 4.79 Å². The van der Waals surface area contributed by atoms with Crippen LogP contribution in [0.15, 0.2) is 53.4 Å². The van der Waals surface area contributed by atoms with E-state index < -0.39 is 10.0 Å². The largest absolute Gasteiger partial charge is 0.472 e. The molecule has 39 heavy (non-hydrogen) atoms. The molecule has 0 radical (unpaired) electrons. The second-order valence-corrected chi connectivity index (χ2v) is 13.7. The molecule has 2 aliphatic rings. The summed E-state index contributed by atoms with van der Waals surface area (Å²) in [5, 5.41) is 0. The van der Waals surface area contributed by atoms with Gasteiger partial charge in [0.25, 0.3) is 15.9 Å². The molecule has 8 nitrogen and oxygen atoms in total. The van der Waals surface area contributed by atoms with E-state index in [-0.39, 0.29) is 40.2 Å². The van der Waals surface area contributed by atoms with E-state index in [9.17, 15) is 13.2 Å². The van der Waals surface area contributed by atoms with Crippen LogP contribution in [0.4, 0.5) is 5.95 Å². The molecule has 2 unspecified atom stereocenters. The molecule has 0 saturated carbocycles. The number of aromatic nitrogens is 2. The van der Waals surface area contributed by atoms with E-state index in [1.54, 1.807) is 18.2 Å². The molecule has 0 aliphatic carbocycles. The van der Waals surface area contributed by atoms with E-state index in [0.717, 1.165) is 29.5 Å². The lowest BCUT2D eigenvalue weighted by molar-refractivity contribution is -0.0278. The second-order valence-electron chi connectivity index (χ2n) is 12.0. The monoisotopic (exact) mass is 548 g/mol. The summed E-state index contributed by atoms with van der Waals surface area (Å²) in [5.74, 6) is 0.309. The Labute approximate surface area is 230 Å². The molecule has 0 spiro atoms. The van der Waals surface area contributed by atoms with Crippen LogP contribution < -0.4 is 9.46 Å². The number of carbonyl (C=O) groups excluding carboxylic acids is 1. The van der Waals surface area contributed by atoms with Crippen LogP contribution in [0.25, 0.3) is 11.3 Å². The van der Waals surface area contributed by atoms with Gasteiger partial charge in [0.1, 0.15) is 6.10 Å². The molecule has 1 N–H and O–H groups in total. The molecule has 206 valence electrons. The fourth-order valence-electron chi connectivity index (χ4n) is 5.80. The molecule has 9 heteroatoms. The van der Waals surface area contributed by atoms with Crippen molar-refractivity contribution >= 4 is 21.9 Å². The number of amides is 1. The van der Waals surface area contributed by atoms with E-state index in [1.165, 1.54) is 12.1 Å². The Hall–Kier alpha value is -3.46. The van der Waals surface area contributed by atoms with Gasteiger partial charge >= 0.3 is 0 Å². The number of nitrogens with one attached hydrogen (secondary N) is 1. The first-order chi connectivity index (χ1) is 18.3. The van der Waals surface area contributed by atoms with Crippen molar-refractivity contribution in [2.75, 3.05) is 11.3 Å². The second kappa shape index (κ2) is 9.93. The number of sulfonamides is 1. The van der Waals surface area contributed by atoms with Gasteiger partial charge in [0.15, 0.2) is 0 Å². The van der Waals surface area contributed by atoms with Crippen LogP contribution in [0.1, 0.15) is 62.0 Å². The molecular weight excluding hydrogens is 512 g/mol. The first-order valence-corrected chi connectivity index (χ1v) is 14.9. The number of benzene rings is 2. The van der Waals surface area contributed by atoms with Crippen molar-refractivity contribution in [2.24, 2.45) is 11.3 Å². The summed E-state index contributed by atoms with van der Waals surface area (Å²) in [7, 11) is -4.08. The molecule has 2 atom stereocenters. The summed E-state index contributed by atoms with van der Waals surface area (Å²) < 4.78 is 36.1. The minimum absolute atomic E-state index is 0.0237. The lowest BCUT2D eigenvalue weighted by Crippen LogP contribution is -2.58. The van der Waals surface area contributed by atoms with Crippen molar-refractivity contribution in [3.63, 3.8) is 0 Å². The van der Waals surface area contributed by atoms with Gasteiger partial charge < -0.3 is 9.64 Å². The average molecular weight is 549 g/mol. The zero-order valence-electron chi connectivity index (χ0n) is 23.4. The Morgan fingerprint density at radius 3 is 2.46 bits per heavy atom. The maximum absolute atomic E-state index is 13.9. The van der Waals surface area contributed by atoms with E-state index in [0.29, 0.717) is 23.7 Å². The minimum Gasteiger partial charge on any atom is -0.472 e. The minimum atomic E-state index is -4.08. The summed E-state index contributed by atoms with van der Waals surface area (Å²) in [6, 6.07) is 13.7. The maximum atomic E-state index is 13.9. The number of hydrogen-bond donors (Lipinski definition) is 1. The summed E-state index contributed by atoms with van der Waals surface area (Å²) in [6.45, 7) is 13.1. The summed E-state index contributed by atoms with van der Waals surface area (Å²) in [6.07, 6.45) is 1.12. The lowest BCUT2D eigenvalue weighted by atomic mass is 9.77. The topological polar surface area (TPSA) is 101 Å². The highest BCUT2D eigenvalue weighted by atomic mass is 32.2. The molecule has 5 rings (SSSR count). The normalized spacial score (nSPS) is 21.7. The van der Waals surface area contributed by atoms with Crippen LogP contribution in [0.3, 0.4) is 0 Å². The van der Waals surface area contributed by atoms with Gasteiger partial charge in [-0.1, -0.05) is 52.0 Å². The van der Waals surface area contributed by atoms with E-state index in [2.05, 4.69) is 42.4 Å². The van der Waals surface area contributed by atoms with Crippen molar-refractivity contribution in [2.45, 2.75) is 71.4 Å². The number of rotatable bonds is 3. The average Bonchev–Trinajstić information content (AvgIpc) is 2.84. The number of piperidine rings is 1. The van der Waals surface area contributed by atoms with Crippen molar-refractivity contribution in [3.05, 3.63) is 65.2 Å². The third-order valence-corrected chi connectivity index (χ3v) is 8.81. The Kier molecular flexibility index (Phi) is 6.91. The van der Waals surface area contributed by atoms with Gasteiger partial charge in [0.05, 0.1) is 16.6 Å². The first kappa shape index (κ1) is 27.1. The zero-order chi connectivity index (χ0) is 28.1. The number of aryl methyl sites for hydroxylation is 2. The van der Waals surface area contributed by atoms with Crippen LogP contribution in [-0.4, -0.2) is 47.9 Å². The standard InChI is InChI=1S/C30H36N4O4S/c1-18(2)13-24-25-16-30(5,6)17-34(24)28(35)21-11-8-12-22(14-21)39(36,37)33-29-31-23(15-26(32-29)38-25)27-19(3)9-7-10-20(27)4/h7-12,14-15,18,24-25H,13,16-17H2,1-6H3,(H,31,32,33). The first-order valence-electron chi connectivity index (χ1n) is 13.4. The molecule has 3 heterocycles. The highest BCUT2D eigenvalue weighted by molar-refractivity contribution is 7.92. The molecule has 3 aromatic rings. The summed E-state index contributed by atoms with van der Waals surface area (Å²) >= 11 is 0. The maximum Gasteiger partial charge on any atom is 0.264 e. The molecule has 1 amide bonds. The van der Waals surface area contributed by atoms with Gasteiger partial charge in [0, 0.05) is 23.7 Å². The molecule has 6 bridgehead atoms. The fraction of sp³-hybridized carbons (Fsp3) is 0.433. The Balaban J connectivity index is 1.74. The molecular formula is C30H36N4O4S. The third-order valence-electron chi connectivity index (χ3n) is 7.48. The fourth-order valence-corrected chi connectivity index (χ4v) is 6.79. The Morgan fingerprint density at radius 1 is 1.08 bits per heavy atom. The number of carbonyl (C=O) groups is 1. The molecule has 2 aromatic carbocycles.